The quantitative estimate of drug-likeness (QED) is 0.837. The van der Waals surface area contributed by atoms with Crippen LogP contribution in [0.15, 0.2) is 29.2 Å². The van der Waals surface area contributed by atoms with E-state index in [2.05, 4.69) is 11.6 Å². The first kappa shape index (κ1) is 16.0. The number of carboxylic acid groups (broad SMARTS) is 1. The van der Waals surface area contributed by atoms with E-state index in [0.29, 0.717) is 5.92 Å². The Morgan fingerprint density at radius 2 is 1.95 bits per heavy atom. The first-order valence-corrected chi connectivity index (χ1v) is 8.74. The molecule has 1 saturated carbocycles. The van der Waals surface area contributed by atoms with Gasteiger partial charge < -0.3 is 5.11 Å². The van der Waals surface area contributed by atoms with Gasteiger partial charge in [0.05, 0.1) is 10.5 Å². The van der Waals surface area contributed by atoms with Crippen molar-refractivity contribution in [2.75, 3.05) is 0 Å². The lowest BCUT2D eigenvalue weighted by atomic mass is 9.98. The Morgan fingerprint density at radius 3 is 2.67 bits per heavy atom. The highest BCUT2D eigenvalue weighted by Gasteiger charge is 2.26. The molecular weight excluding hydrogens is 290 g/mol. The molecule has 0 saturated heterocycles. The Balaban J connectivity index is 2.21. The SMILES string of the molecule is CC1CCCCCC1NS(=O)(=O)c1cccc(C(=O)O)c1. The molecule has 0 bridgehead atoms. The van der Waals surface area contributed by atoms with Crippen LogP contribution in [0.4, 0.5) is 0 Å². The van der Waals surface area contributed by atoms with Gasteiger partial charge in [0.15, 0.2) is 0 Å². The van der Waals surface area contributed by atoms with E-state index in [-0.39, 0.29) is 16.5 Å². The van der Waals surface area contributed by atoms with Crippen LogP contribution in [0.1, 0.15) is 49.4 Å². The monoisotopic (exact) mass is 311 g/mol. The number of aromatic carboxylic acids is 1. The van der Waals surface area contributed by atoms with Gasteiger partial charge in [0.25, 0.3) is 0 Å². The summed E-state index contributed by atoms with van der Waals surface area (Å²) in [5.74, 6) is -0.834. The second kappa shape index (κ2) is 6.58. The van der Waals surface area contributed by atoms with Crippen LogP contribution in [0, 0.1) is 5.92 Å². The number of nitrogens with one attached hydrogen (secondary N) is 1. The van der Waals surface area contributed by atoms with Crippen molar-refractivity contribution in [1.82, 2.24) is 4.72 Å². The number of carboxylic acids is 1. The number of carbonyl (C=O) groups is 1. The molecule has 21 heavy (non-hydrogen) atoms. The largest absolute Gasteiger partial charge is 0.478 e. The van der Waals surface area contributed by atoms with Crippen LogP contribution in [0.25, 0.3) is 0 Å². The number of benzene rings is 1. The Labute approximate surface area is 125 Å². The van der Waals surface area contributed by atoms with Crippen molar-refractivity contribution in [1.29, 1.82) is 0 Å². The van der Waals surface area contributed by atoms with E-state index in [4.69, 9.17) is 5.11 Å². The Hall–Kier alpha value is -1.40. The minimum atomic E-state index is -3.68. The van der Waals surface area contributed by atoms with Gasteiger partial charge in [-0.1, -0.05) is 32.3 Å². The summed E-state index contributed by atoms with van der Waals surface area (Å²) >= 11 is 0. The van der Waals surface area contributed by atoms with Crippen molar-refractivity contribution < 1.29 is 18.3 Å². The fourth-order valence-electron chi connectivity index (χ4n) is 2.73. The van der Waals surface area contributed by atoms with Gasteiger partial charge in [-0.15, -0.1) is 0 Å². The minimum absolute atomic E-state index is 0.0128. The molecule has 5 nitrogen and oxygen atoms in total. The third-order valence-electron chi connectivity index (χ3n) is 4.06. The lowest BCUT2D eigenvalue weighted by Gasteiger charge is -2.22. The number of rotatable bonds is 4. The molecule has 1 aromatic rings. The lowest BCUT2D eigenvalue weighted by Crippen LogP contribution is -2.38. The normalized spacial score (nSPS) is 23.5. The fourth-order valence-corrected chi connectivity index (χ4v) is 4.16. The van der Waals surface area contributed by atoms with Crippen molar-refractivity contribution in [3.05, 3.63) is 29.8 Å². The van der Waals surface area contributed by atoms with Crippen molar-refractivity contribution >= 4 is 16.0 Å². The average molecular weight is 311 g/mol. The lowest BCUT2D eigenvalue weighted by molar-refractivity contribution is 0.0696. The van der Waals surface area contributed by atoms with Gasteiger partial charge in [-0.3, -0.25) is 0 Å². The van der Waals surface area contributed by atoms with Crippen molar-refractivity contribution in [2.45, 2.75) is 50.0 Å². The maximum Gasteiger partial charge on any atom is 0.335 e. The van der Waals surface area contributed by atoms with Crippen LogP contribution >= 0.6 is 0 Å². The molecule has 0 spiro atoms. The molecule has 0 heterocycles. The zero-order valence-corrected chi connectivity index (χ0v) is 12.9. The highest BCUT2D eigenvalue weighted by Crippen LogP contribution is 2.24. The van der Waals surface area contributed by atoms with Crippen LogP contribution in [0.3, 0.4) is 0 Å². The third-order valence-corrected chi connectivity index (χ3v) is 5.55. The first-order valence-electron chi connectivity index (χ1n) is 7.26. The Morgan fingerprint density at radius 1 is 1.24 bits per heavy atom. The second-order valence-electron chi connectivity index (χ2n) is 5.68. The molecule has 0 aliphatic heterocycles. The summed E-state index contributed by atoms with van der Waals surface area (Å²) in [5.41, 5.74) is -0.0215. The molecule has 1 aliphatic carbocycles. The van der Waals surface area contributed by atoms with Gasteiger partial charge in [-0.25, -0.2) is 17.9 Å². The van der Waals surface area contributed by atoms with Crippen LogP contribution in [0.5, 0.6) is 0 Å². The van der Waals surface area contributed by atoms with Gasteiger partial charge in [0.2, 0.25) is 10.0 Å². The summed E-state index contributed by atoms with van der Waals surface area (Å²) in [5, 5.41) is 8.96. The van der Waals surface area contributed by atoms with Crippen LogP contribution in [-0.4, -0.2) is 25.5 Å². The molecule has 0 aromatic heterocycles. The zero-order valence-electron chi connectivity index (χ0n) is 12.1. The molecule has 2 unspecified atom stereocenters. The van der Waals surface area contributed by atoms with E-state index in [0.717, 1.165) is 32.1 Å². The maximum absolute atomic E-state index is 12.4. The van der Waals surface area contributed by atoms with Gasteiger partial charge >= 0.3 is 5.97 Å². The standard InChI is InChI=1S/C15H21NO4S/c1-11-6-3-2-4-9-14(11)16-21(19,20)13-8-5-7-12(10-13)15(17)18/h5,7-8,10-11,14,16H,2-4,6,9H2,1H3,(H,17,18). The van der Waals surface area contributed by atoms with Crippen LogP contribution in [-0.2, 0) is 10.0 Å². The zero-order chi connectivity index (χ0) is 15.5. The smallest absolute Gasteiger partial charge is 0.335 e. The first-order chi connectivity index (χ1) is 9.90. The highest BCUT2D eigenvalue weighted by atomic mass is 32.2. The van der Waals surface area contributed by atoms with Gasteiger partial charge in [0, 0.05) is 6.04 Å². The van der Waals surface area contributed by atoms with E-state index in [1.807, 2.05) is 0 Å². The molecule has 2 N–H and O–H groups in total. The number of hydrogen-bond donors (Lipinski definition) is 2. The summed E-state index contributed by atoms with van der Waals surface area (Å²) in [6.07, 6.45) is 5.14. The molecule has 0 radical (unpaired) electrons. The molecular formula is C15H21NO4S. The molecule has 2 atom stereocenters. The van der Waals surface area contributed by atoms with E-state index in [9.17, 15) is 13.2 Å². The minimum Gasteiger partial charge on any atom is -0.478 e. The van der Waals surface area contributed by atoms with E-state index in [1.165, 1.54) is 24.3 Å². The Kier molecular flexibility index (Phi) is 5.00. The summed E-state index contributed by atoms with van der Waals surface area (Å²) in [4.78, 5) is 11.0. The number of hydrogen-bond acceptors (Lipinski definition) is 3. The van der Waals surface area contributed by atoms with E-state index in [1.54, 1.807) is 0 Å². The molecule has 116 valence electrons. The highest BCUT2D eigenvalue weighted by molar-refractivity contribution is 7.89. The predicted molar refractivity (Wildman–Crippen MR) is 79.8 cm³/mol. The van der Waals surface area contributed by atoms with Gasteiger partial charge in [-0.2, -0.15) is 0 Å². The van der Waals surface area contributed by atoms with Crippen LogP contribution in [0.2, 0.25) is 0 Å². The predicted octanol–water partition coefficient (Wildman–Crippen LogP) is 2.63. The topological polar surface area (TPSA) is 83.5 Å². The molecule has 0 amide bonds. The second-order valence-corrected chi connectivity index (χ2v) is 7.39. The maximum atomic E-state index is 12.4. The summed E-state index contributed by atoms with van der Waals surface area (Å²) in [6, 6.07) is 5.39. The number of sulfonamides is 1. The third kappa shape index (κ3) is 4.04. The molecule has 2 rings (SSSR count). The molecule has 1 aliphatic rings. The van der Waals surface area contributed by atoms with Crippen molar-refractivity contribution in [2.24, 2.45) is 5.92 Å². The average Bonchev–Trinajstić information content (AvgIpc) is 2.64. The van der Waals surface area contributed by atoms with E-state index >= 15 is 0 Å². The van der Waals surface area contributed by atoms with Crippen molar-refractivity contribution in [3.8, 4) is 0 Å². The molecule has 6 heteroatoms. The van der Waals surface area contributed by atoms with E-state index < -0.39 is 16.0 Å². The summed E-state index contributed by atoms with van der Waals surface area (Å²) in [6.45, 7) is 2.06. The van der Waals surface area contributed by atoms with Gasteiger partial charge in [-0.05, 0) is 37.0 Å². The van der Waals surface area contributed by atoms with Gasteiger partial charge in [0.1, 0.15) is 0 Å². The Bertz CT molecular complexity index is 612. The summed E-state index contributed by atoms with van der Waals surface area (Å²) in [7, 11) is -3.68. The molecule has 1 fully saturated rings. The van der Waals surface area contributed by atoms with Crippen molar-refractivity contribution in [3.63, 3.8) is 0 Å². The molecule has 1 aromatic carbocycles. The van der Waals surface area contributed by atoms with Crippen LogP contribution < -0.4 is 4.72 Å². The summed E-state index contributed by atoms with van der Waals surface area (Å²) < 4.78 is 27.6. The fraction of sp³-hybridized carbons (Fsp3) is 0.533.